The Morgan fingerprint density at radius 2 is 1.28 bits per heavy atom. The Hall–Kier alpha value is -4.26. The van der Waals surface area contributed by atoms with E-state index in [-0.39, 0.29) is 12.3 Å². The number of amides is 2. The second kappa shape index (κ2) is 14.0. The van der Waals surface area contributed by atoms with Crippen molar-refractivity contribution in [3.8, 4) is 0 Å². The van der Waals surface area contributed by atoms with Crippen molar-refractivity contribution in [3.63, 3.8) is 0 Å². The fourth-order valence-electron chi connectivity index (χ4n) is 3.85. The fraction of sp³-hybridized carbons (Fsp3) is 0.312. The average Bonchev–Trinajstić information content (AvgIpc) is 2.91. The minimum Gasteiger partial charge on any atom is -0.458 e. The van der Waals surface area contributed by atoms with Crippen LogP contribution in [0, 0.1) is 0 Å². The Morgan fingerprint density at radius 3 is 1.82 bits per heavy atom. The highest BCUT2D eigenvalue weighted by molar-refractivity contribution is 5.93. The lowest BCUT2D eigenvalue weighted by Crippen LogP contribution is -2.53. The zero-order valence-corrected chi connectivity index (χ0v) is 23.0. The zero-order chi connectivity index (χ0) is 28.3. The Morgan fingerprint density at radius 1 is 0.769 bits per heavy atom. The number of esters is 1. The Balaban J connectivity index is 1.71. The molecule has 0 aliphatic rings. The highest BCUT2D eigenvalue weighted by Gasteiger charge is 2.29. The van der Waals surface area contributed by atoms with Gasteiger partial charge in [0.15, 0.2) is 0 Å². The molecule has 204 valence electrons. The molecule has 0 aliphatic carbocycles. The van der Waals surface area contributed by atoms with Gasteiger partial charge in [0.05, 0.1) is 0 Å². The summed E-state index contributed by atoms with van der Waals surface area (Å²) in [5, 5.41) is 5.55. The molecule has 0 aliphatic heterocycles. The molecule has 0 saturated carbocycles. The first-order valence-electron chi connectivity index (χ1n) is 13.1. The second-order valence-electron chi connectivity index (χ2n) is 10.4. The quantitative estimate of drug-likeness (QED) is 0.287. The van der Waals surface area contributed by atoms with Gasteiger partial charge in [-0.25, -0.2) is 4.79 Å². The number of hydrogen-bond donors (Lipinski definition) is 2. The second-order valence-corrected chi connectivity index (χ2v) is 10.4. The molecular formula is C32H37N3O4. The van der Waals surface area contributed by atoms with Gasteiger partial charge in [0, 0.05) is 19.1 Å². The average molecular weight is 528 g/mol. The molecule has 0 heterocycles. The number of benzene rings is 3. The first-order valence-corrected chi connectivity index (χ1v) is 13.1. The molecule has 7 nitrogen and oxygen atoms in total. The van der Waals surface area contributed by atoms with Gasteiger partial charge >= 0.3 is 5.97 Å². The molecule has 0 saturated heterocycles. The predicted octanol–water partition coefficient (Wildman–Crippen LogP) is 4.29. The van der Waals surface area contributed by atoms with Crippen LogP contribution >= 0.6 is 0 Å². The van der Waals surface area contributed by atoms with Crippen LogP contribution in [0.2, 0.25) is 0 Å². The molecule has 7 heteroatoms. The molecule has 3 aromatic rings. The van der Waals surface area contributed by atoms with E-state index in [1.807, 2.05) is 91.0 Å². The van der Waals surface area contributed by atoms with Crippen molar-refractivity contribution in [2.45, 2.75) is 64.3 Å². The Labute approximate surface area is 230 Å². The van der Waals surface area contributed by atoms with Gasteiger partial charge in [0.2, 0.25) is 11.8 Å². The van der Waals surface area contributed by atoms with Crippen LogP contribution in [0.25, 0.3) is 0 Å². The van der Waals surface area contributed by atoms with Crippen molar-refractivity contribution in [1.82, 2.24) is 10.6 Å². The van der Waals surface area contributed by atoms with Crippen molar-refractivity contribution < 1.29 is 19.1 Å². The number of carbonyl (C=O) groups is 3. The van der Waals surface area contributed by atoms with E-state index in [9.17, 15) is 14.4 Å². The fourth-order valence-corrected chi connectivity index (χ4v) is 3.85. The molecule has 39 heavy (non-hydrogen) atoms. The summed E-state index contributed by atoms with van der Waals surface area (Å²) in [6, 6.07) is 26.0. The molecular weight excluding hydrogens is 490 g/mol. The summed E-state index contributed by atoms with van der Waals surface area (Å²) in [6.45, 7) is 6.91. The lowest BCUT2D eigenvalue weighted by molar-refractivity contribution is -0.158. The van der Waals surface area contributed by atoms with E-state index in [2.05, 4.69) is 15.6 Å². The van der Waals surface area contributed by atoms with Gasteiger partial charge < -0.3 is 15.4 Å². The lowest BCUT2D eigenvalue weighted by Gasteiger charge is -2.26. The Kier molecular flexibility index (Phi) is 10.6. The maximum Gasteiger partial charge on any atom is 0.329 e. The van der Waals surface area contributed by atoms with E-state index < -0.39 is 35.6 Å². The van der Waals surface area contributed by atoms with E-state index in [0.29, 0.717) is 6.42 Å². The topological polar surface area (TPSA) is 96.9 Å². The molecule has 0 fully saturated rings. The largest absolute Gasteiger partial charge is 0.458 e. The van der Waals surface area contributed by atoms with Gasteiger partial charge in [-0.2, -0.15) is 0 Å². The first kappa shape index (κ1) is 29.3. The molecule has 0 spiro atoms. The van der Waals surface area contributed by atoms with Crippen molar-refractivity contribution >= 4 is 24.0 Å². The minimum absolute atomic E-state index is 0.264. The molecule has 0 radical (unpaired) electrons. The van der Waals surface area contributed by atoms with Crippen molar-refractivity contribution in [3.05, 3.63) is 108 Å². The van der Waals surface area contributed by atoms with Crippen LogP contribution in [-0.4, -0.2) is 47.7 Å². The maximum absolute atomic E-state index is 13.3. The minimum atomic E-state index is -0.908. The summed E-state index contributed by atoms with van der Waals surface area (Å²) in [5.74, 6) is -1.40. The number of hydrogen-bond acceptors (Lipinski definition) is 5. The summed E-state index contributed by atoms with van der Waals surface area (Å²) in [5.41, 5.74) is 1.99. The molecule has 3 atom stereocenters. The van der Waals surface area contributed by atoms with E-state index in [1.54, 1.807) is 33.9 Å². The molecule has 0 aromatic heterocycles. The molecule has 3 rings (SSSR count). The molecule has 0 unspecified atom stereocenters. The smallest absolute Gasteiger partial charge is 0.329 e. The van der Waals surface area contributed by atoms with Crippen molar-refractivity contribution in [2.75, 3.05) is 0 Å². The molecule has 0 bridgehead atoms. The number of nitrogens with one attached hydrogen (secondary N) is 2. The van der Waals surface area contributed by atoms with Gasteiger partial charge in [0.1, 0.15) is 23.7 Å². The third kappa shape index (κ3) is 10.2. The van der Waals surface area contributed by atoms with E-state index in [1.165, 1.54) is 0 Å². The highest BCUT2D eigenvalue weighted by Crippen LogP contribution is 2.12. The summed E-state index contributed by atoms with van der Waals surface area (Å²) in [7, 11) is 0. The van der Waals surface area contributed by atoms with Crippen LogP contribution in [-0.2, 0) is 32.0 Å². The SMILES string of the molecule is C[C@H](NC(=O)[C@@H](Cc1ccccc1)N=Cc1ccccc1)C(=O)N[C@@H](Cc1ccccc1)C(=O)OC(C)(C)C. The van der Waals surface area contributed by atoms with Gasteiger partial charge in [0.25, 0.3) is 0 Å². The molecule has 2 N–H and O–H groups in total. The van der Waals surface area contributed by atoms with Crippen molar-refractivity contribution in [1.29, 1.82) is 0 Å². The number of carbonyl (C=O) groups excluding carboxylic acids is 3. The molecule has 2 amide bonds. The van der Waals surface area contributed by atoms with E-state index >= 15 is 0 Å². The highest BCUT2D eigenvalue weighted by atomic mass is 16.6. The van der Waals surface area contributed by atoms with Crippen LogP contribution in [0.4, 0.5) is 0 Å². The van der Waals surface area contributed by atoms with Crippen LogP contribution in [0.5, 0.6) is 0 Å². The number of aliphatic imine (C=N–C) groups is 1. The maximum atomic E-state index is 13.3. The molecule has 3 aromatic carbocycles. The standard InChI is InChI=1S/C32H37N3O4/c1-23(29(36)35-28(31(38)39-32(2,3)4)21-25-16-10-6-11-17-25)34-30(37)27(20-24-14-8-5-9-15-24)33-22-26-18-12-7-13-19-26/h5-19,22-23,27-28H,20-21H2,1-4H3,(H,34,37)(H,35,36)/t23-,27+,28-/m0/s1. The van der Waals surface area contributed by atoms with Gasteiger partial charge in [-0.15, -0.1) is 0 Å². The van der Waals surface area contributed by atoms with E-state index in [4.69, 9.17) is 4.74 Å². The Bertz CT molecular complexity index is 1240. The number of rotatable bonds is 11. The third-order valence-corrected chi connectivity index (χ3v) is 5.82. The summed E-state index contributed by atoms with van der Waals surface area (Å²) in [4.78, 5) is 43.9. The van der Waals surface area contributed by atoms with Crippen LogP contribution in [0.15, 0.2) is 96.0 Å². The summed E-state index contributed by atoms with van der Waals surface area (Å²) >= 11 is 0. The van der Waals surface area contributed by atoms with Crippen LogP contribution in [0.1, 0.15) is 44.4 Å². The van der Waals surface area contributed by atoms with Gasteiger partial charge in [-0.05, 0) is 44.4 Å². The van der Waals surface area contributed by atoms with Gasteiger partial charge in [-0.3, -0.25) is 14.6 Å². The van der Waals surface area contributed by atoms with E-state index in [0.717, 1.165) is 16.7 Å². The lowest BCUT2D eigenvalue weighted by atomic mass is 10.0. The summed E-state index contributed by atoms with van der Waals surface area (Å²) in [6.07, 6.45) is 2.30. The van der Waals surface area contributed by atoms with Crippen LogP contribution in [0.3, 0.4) is 0 Å². The number of nitrogens with zero attached hydrogens (tertiary/aromatic N) is 1. The zero-order valence-electron chi connectivity index (χ0n) is 23.0. The van der Waals surface area contributed by atoms with Crippen molar-refractivity contribution in [2.24, 2.45) is 4.99 Å². The predicted molar refractivity (Wildman–Crippen MR) is 153 cm³/mol. The third-order valence-electron chi connectivity index (χ3n) is 5.82. The monoisotopic (exact) mass is 527 g/mol. The first-order chi connectivity index (χ1) is 18.6. The van der Waals surface area contributed by atoms with Crippen LogP contribution < -0.4 is 10.6 Å². The summed E-state index contributed by atoms with van der Waals surface area (Å²) < 4.78 is 5.55. The van der Waals surface area contributed by atoms with Gasteiger partial charge in [-0.1, -0.05) is 91.0 Å². The number of ether oxygens (including phenoxy) is 1. The normalized spacial score (nSPS) is 13.7.